The summed E-state index contributed by atoms with van der Waals surface area (Å²) in [5.74, 6) is 0. The highest BCUT2D eigenvalue weighted by Gasteiger charge is 2.47. The second-order valence-corrected chi connectivity index (χ2v) is 13.4. The number of anilines is 2. The van der Waals surface area contributed by atoms with Crippen LogP contribution in [-0.4, -0.2) is 0 Å². The second-order valence-electron chi connectivity index (χ2n) is 13.4. The van der Waals surface area contributed by atoms with E-state index < -0.39 is 0 Å². The van der Waals surface area contributed by atoms with E-state index in [2.05, 4.69) is 160 Å². The number of allylic oxidation sites excluding steroid dienone is 4. The van der Waals surface area contributed by atoms with Gasteiger partial charge in [0.2, 0.25) is 0 Å². The maximum absolute atomic E-state index is 2.65. The normalized spacial score (nSPS) is 17.5. The molecule has 0 atom stereocenters. The lowest BCUT2D eigenvalue weighted by Gasteiger charge is -2.51. The number of hydrogen-bond acceptors (Lipinski definition) is 1. The molecule has 8 rings (SSSR count). The summed E-state index contributed by atoms with van der Waals surface area (Å²) >= 11 is 0. The van der Waals surface area contributed by atoms with Gasteiger partial charge in [-0.1, -0.05) is 131 Å². The van der Waals surface area contributed by atoms with Crippen molar-refractivity contribution in [2.45, 2.75) is 51.4 Å². The van der Waals surface area contributed by atoms with Crippen LogP contribution in [0.5, 0.6) is 0 Å². The molecule has 0 unspecified atom stereocenters. The minimum atomic E-state index is -0.167. The van der Waals surface area contributed by atoms with Crippen molar-refractivity contribution in [3.8, 4) is 22.3 Å². The highest BCUT2D eigenvalue weighted by Crippen LogP contribution is 2.60. The van der Waals surface area contributed by atoms with Gasteiger partial charge in [0.15, 0.2) is 0 Å². The van der Waals surface area contributed by atoms with Crippen LogP contribution in [0.1, 0.15) is 62.8 Å². The average molecular weight is 556 g/mol. The molecular weight excluding hydrogens is 518 g/mol. The number of rotatable bonds is 3. The predicted octanol–water partition coefficient (Wildman–Crippen LogP) is 11.2. The molecule has 0 aromatic heterocycles. The van der Waals surface area contributed by atoms with E-state index in [1.165, 1.54) is 72.7 Å². The first kappa shape index (κ1) is 26.0. The lowest BCUT2D eigenvalue weighted by atomic mass is 9.64. The molecule has 1 heteroatoms. The Labute approximate surface area is 255 Å². The van der Waals surface area contributed by atoms with Crippen molar-refractivity contribution >= 4 is 16.9 Å². The van der Waals surface area contributed by atoms with Gasteiger partial charge >= 0.3 is 0 Å². The minimum Gasteiger partial charge on any atom is -0.313 e. The Morgan fingerprint density at radius 3 is 1.65 bits per heavy atom. The highest BCUT2D eigenvalue weighted by atomic mass is 15.2. The van der Waals surface area contributed by atoms with Crippen LogP contribution in [0.2, 0.25) is 0 Å². The molecule has 43 heavy (non-hydrogen) atoms. The third kappa shape index (κ3) is 3.91. The molecule has 0 amide bonds. The van der Waals surface area contributed by atoms with Crippen molar-refractivity contribution in [1.82, 2.24) is 0 Å². The number of nitrogens with zero attached hydrogens (tertiary/aromatic N) is 1. The van der Waals surface area contributed by atoms with Crippen LogP contribution in [0, 0.1) is 0 Å². The minimum absolute atomic E-state index is 0.140. The van der Waals surface area contributed by atoms with Gasteiger partial charge in [0.1, 0.15) is 0 Å². The molecule has 0 spiro atoms. The van der Waals surface area contributed by atoms with E-state index in [0.29, 0.717) is 0 Å². The third-order valence-corrected chi connectivity index (χ3v) is 10.2. The molecule has 3 aliphatic rings. The molecule has 1 aliphatic carbocycles. The Bertz CT molecular complexity index is 1940. The Kier molecular flexibility index (Phi) is 5.72. The van der Waals surface area contributed by atoms with Crippen LogP contribution >= 0.6 is 0 Å². The zero-order chi connectivity index (χ0) is 29.3. The van der Waals surface area contributed by atoms with Gasteiger partial charge in [0.05, 0.1) is 5.69 Å². The van der Waals surface area contributed by atoms with Crippen LogP contribution in [0.15, 0.2) is 139 Å². The average Bonchev–Trinajstić information content (AvgIpc) is 3.05. The van der Waals surface area contributed by atoms with Gasteiger partial charge in [0, 0.05) is 22.2 Å². The van der Waals surface area contributed by atoms with Crippen LogP contribution in [0.3, 0.4) is 0 Å². The molecule has 2 heterocycles. The lowest BCUT2D eigenvalue weighted by Crippen LogP contribution is -2.41. The molecule has 0 radical (unpaired) electrons. The summed E-state index contributed by atoms with van der Waals surface area (Å²) in [6.45, 7) is 9.73. The van der Waals surface area contributed by atoms with Crippen molar-refractivity contribution in [2.24, 2.45) is 0 Å². The molecule has 210 valence electrons. The summed E-state index contributed by atoms with van der Waals surface area (Å²) in [5, 5.41) is 0. The zero-order valence-corrected chi connectivity index (χ0v) is 25.5. The molecule has 0 fully saturated rings. The Morgan fingerprint density at radius 2 is 1.02 bits per heavy atom. The molecule has 0 bridgehead atoms. The summed E-state index contributed by atoms with van der Waals surface area (Å²) < 4.78 is 0. The fourth-order valence-corrected chi connectivity index (χ4v) is 7.73. The van der Waals surface area contributed by atoms with Crippen LogP contribution < -0.4 is 4.90 Å². The maximum atomic E-state index is 2.65. The van der Waals surface area contributed by atoms with Gasteiger partial charge in [-0.2, -0.15) is 0 Å². The van der Waals surface area contributed by atoms with E-state index >= 15 is 0 Å². The Morgan fingerprint density at radius 1 is 0.488 bits per heavy atom. The molecular formula is C42H37N. The zero-order valence-electron chi connectivity index (χ0n) is 25.5. The Balaban J connectivity index is 1.42. The van der Waals surface area contributed by atoms with E-state index in [0.717, 1.165) is 12.8 Å². The van der Waals surface area contributed by atoms with Gasteiger partial charge in [0.25, 0.3) is 0 Å². The number of hydrogen-bond donors (Lipinski definition) is 0. The van der Waals surface area contributed by atoms with Crippen molar-refractivity contribution in [2.75, 3.05) is 4.90 Å². The smallest absolute Gasteiger partial charge is 0.0540 e. The van der Waals surface area contributed by atoms with Crippen molar-refractivity contribution in [3.05, 3.63) is 161 Å². The van der Waals surface area contributed by atoms with Gasteiger partial charge in [-0.3, -0.25) is 0 Å². The van der Waals surface area contributed by atoms with Crippen molar-refractivity contribution in [3.63, 3.8) is 0 Å². The molecule has 5 aromatic carbocycles. The van der Waals surface area contributed by atoms with E-state index in [9.17, 15) is 0 Å². The highest BCUT2D eigenvalue weighted by molar-refractivity contribution is 5.91. The topological polar surface area (TPSA) is 3.24 Å². The Hall–Kier alpha value is -4.62. The van der Waals surface area contributed by atoms with Gasteiger partial charge in [-0.25, -0.2) is 0 Å². The molecule has 0 saturated carbocycles. The third-order valence-electron chi connectivity index (χ3n) is 10.2. The van der Waals surface area contributed by atoms with Crippen LogP contribution in [0.25, 0.3) is 27.8 Å². The van der Waals surface area contributed by atoms with E-state index in [1.807, 2.05) is 0 Å². The van der Waals surface area contributed by atoms with Crippen LogP contribution in [-0.2, 0) is 10.8 Å². The summed E-state index contributed by atoms with van der Waals surface area (Å²) in [5.41, 5.74) is 17.4. The monoisotopic (exact) mass is 555 g/mol. The summed E-state index contributed by atoms with van der Waals surface area (Å²) in [6, 6.07) is 44.8. The van der Waals surface area contributed by atoms with Crippen molar-refractivity contribution < 1.29 is 0 Å². The van der Waals surface area contributed by atoms with Crippen molar-refractivity contribution in [1.29, 1.82) is 0 Å². The van der Waals surface area contributed by atoms with Gasteiger partial charge in [-0.05, 0) is 92.8 Å². The van der Waals surface area contributed by atoms with Gasteiger partial charge in [-0.15, -0.1) is 0 Å². The fourth-order valence-electron chi connectivity index (χ4n) is 7.73. The summed E-state index contributed by atoms with van der Waals surface area (Å²) in [7, 11) is 0. The molecule has 5 aromatic rings. The number of benzene rings is 5. The summed E-state index contributed by atoms with van der Waals surface area (Å²) in [4.78, 5) is 2.65. The first-order valence-electron chi connectivity index (χ1n) is 15.6. The SMILES string of the molecule is CC1(C)C2=C(CCC(c3ccccc3)=C2)N2c3ccc(-c4ccccc4)cc3C(C)(C)c3cc(-c4ccccc4)cc1c32. The standard InChI is InChI=1S/C42H37N/c1-41(2)34-24-31(28-14-8-5-9-15-28)20-22-38(34)43-39-23-21-32(29-16-10-6-11-17-29)25-35(39)42(3,4)37-27-33(26-36(41)40(37)43)30-18-12-7-13-19-30/h5-20,22,24-27H,21,23H2,1-4H3. The second kappa shape index (κ2) is 9.44. The molecule has 0 N–H and O–H groups in total. The van der Waals surface area contributed by atoms with Crippen LogP contribution in [0.4, 0.5) is 11.4 Å². The number of fused-ring (bicyclic) bond motifs is 3. The van der Waals surface area contributed by atoms with E-state index in [-0.39, 0.29) is 10.8 Å². The molecule has 1 nitrogen and oxygen atoms in total. The first-order chi connectivity index (χ1) is 20.8. The molecule has 0 saturated heterocycles. The summed E-state index contributed by atoms with van der Waals surface area (Å²) in [6.07, 6.45) is 4.59. The largest absolute Gasteiger partial charge is 0.313 e. The fraction of sp³-hybridized carbons (Fsp3) is 0.190. The first-order valence-corrected chi connectivity index (χ1v) is 15.6. The molecule has 2 aliphatic heterocycles. The van der Waals surface area contributed by atoms with E-state index in [1.54, 1.807) is 0 Å². The quantitative estimate of drug-likeness (QED) is 0.214. The van der Waals surface area contributed by atoms with E-state index in [4.69, 9.17) is 0 Å². The maximum Gasteiger partial charge on any atom is 0.0540 e. The lowest BCUT2D eigenvalue weighted by molar-refractivity contribution is 0.577. The predicted molar refractivity (Wildman–Crippen MR) is 182 cm³/mol. The van der Waals surface area contributed by atoms with Gasteiger partial charge < -0.3 is 4.90 Å².